The molecule has 0 bridgehead atoms. The summed E-state index contributed by atoms with van der Waals surface area (Å²) in [5, 5.41) is 0. The van der Waals surface area contributed by atoms with Crippen molar-refractivity contribution < 1.29 is 0 Å². The van der Waals surface area contributed by atoms with Crippen molar-refractivity contribution in [1.29, 1.82) is 0 Å². The summed E-state index contributed by atoms with van der Waals surface area (Å²) >= 11 is 0. The lowest BCUT2D eigenvalue weighted by Gasteiger charge is -2.11. The van der Waals surface area contributed by atoms with Gasteiger partial charge in [-0.05, 0) is 12.1 Å². The first kappa shape index (κ1) is 9.72. The van der Waals surface area contributed by atoms with Gasteiger partial charge in [0.15, 0.2) is 0 Å². The fourth-order valence-electron chi connectivity index (χ4n) is 0.808. The zero-order valence-corrected chi connectivity index (χ0v) is 8.20. The maximum atomic E-state index is 4.35. The van der Waals surface area contributed by atoms with Crippen molar-refractivity contribution in [1.82, 2.24) is 0 Å². The molecule has 0 heterocycles. The van der Waals surface area contributed by atoms with Crippen LogP contribution in [0.5, 0.6) is 0 Å². The monoisotopic (exact) mass is 173 g/mol. The van der Waals surface area contributed by atoms with Crippen molar-refractivity contribution >= 4 is 11.9 Å². The number of para-hydroxylation sites is 1. The summed E-state index contributed by atoms with van der Waals surface area (Å²) in [5.41, 5.74) is 0.952. The molecular formula is C12H15N. The Morgan fingerprint density at radius 1 is 1.23 bits per heavy atom. The molecule has 0 aliphatic rings. The van der Waals surface area contributed by atoms with Gasteiger partial charge in [-0.1, -0.05) is 38.1 Å². The Bertz CT molecular complexity index is 296. The van der Waals surface area contributed by atoms with E-state index in [4.69, 9.17) is 0 Å². The third-order valence-corrected chi connectivity index (χ3v) is 1.83. The molecule has 0 saturated heterocycles. The average Bonchev–Trinajstić information content (AvgIpc) is 2.17. The molecule has 0 spiro atoms. The maximum Gasteiger partial charge on any atom is 0.0626 e. The van der Waals surface area contributed by atoms with Crippen molar-refractivity contribution in [2.24, 2.45) is 10.4 Å². The van der Waals surface area contributed by atoms with Gasteiger partial charge in [-0.25, -0.2) is 0 Å². The highest BCUT2D eigenvalue weighted by atomic mass is 14.7. The molecule has 0 fully saturated rings. The highest BCUT2D eigenvalue weighted by Gasteiger charge is 2.07. The second-order valence-corrected chi connectivity index (χ2v) is 3.62. The van der Waals surface area contributed by atoms with Crippen LogP contribution in [0.25, 0.3) is 0 Å². The molecule has 0 amide bonds. The maximum absolute atomic E-state index is 4.35. The topological polar surface area (TPSA) is 12.4 Å². The smallest absolute Gasteiger partial charge is 0.0626 e. The number of nitrogens with zero attached hydrogens (tertiary/aromatic N) is 1. The van der Waals surface area contributed by atoms with Gasteiger partial charge in [0.05, 0.1) is 5.69 Å². The van der Waals surface area contributed by atoms with Crippen molar-refractivity contribution in [3.63, 3.8) is 0 Å². The summed E-state index contributed by atoms with van der Waals surface area (Å²) in [6.07, 6.45) is 3.80. The average molecular weight is 173 g/mol. The van der Waals surface area contributed by atoms with E-state index < -0.39 is 0 Å². The SMILES string of the molecule is C=CC(C)(C)C=Nc1ccccc1. The molecule has 1 aromatic carbocycles. The first-order valence-corrected chi connectivity index (χ1v) is 4.38. The summed E-state index contributed by atoms with van der Waals surface area (Å²) < 4.78 is 0. The Kier molecular flexibility index (Phi) is 3.02. The largest absolute Gasteiger partial charge is 0.260 e. The quantitative estimate of drug-likeness (QED) is 0.489. The van der Waals surface area contributed by atoms with Gasteiger partial charge >= 0.3 is 0 Å². The van der Waals surface area contributed by atoms with E-state index >= 15 is 0 Å². The van der Waals surface area contributed by atoms with Gasteiger partial charge < -0.3 is 0 Å². The van der Waals surface area contributed by atoms with Crippen LogP contribution in [-0.4, -0.2) is 6.21 Å². The number of rotatable bonds is 3. The second-order valence-electron chi connectivity index (χ2n) is 3.62. The summed E-state index contributed by atoms with van der Waals surface area (Å²) in [4.78, 5) is 4.35. The lowest BCUT2D eigenvalue weighted by Crippen LogP contribution is -2.07. The van der Waals surface area contributed by atoms with Crippen molar-refractivity contribution in [2.75, 3.05) is 0 Å². The van der Waals surface area contributed by atoms with E-state index in [9.17, 15) is 0 Å². The van der Waals surface area contributed by atoms with Gasteiger partial charge in [-0.2, -0.15) is 0 Å². The summed E-state index contributed by atoms with van der Waals surface area (Å²) in [5.74, 6) is 0. The zero-order valence-electron chi connectivity index (χ0n) is 8.20. The minimum atomic E-state index is -0.0319. The Hall–Kier alpha value is -1.37. The molecule has 1 heteroatoms. The lowest BCUT2D eigenvalue weighted by atomic mass is 9.96. The van der Waals surface area contributed by atoms with Gasteiger partial charge in [0.2, 0.25) is 0 Å². The molecule has 0 aromatic heterocycles. The van der Waals surface area contributed by atoms with Gasteiger partial charge in [0.25, 0.3) is 0 Å². The van der Waals surface area contributed by atoms with E-state index in [1.165, 1.54) is 0 Å². The molecule has 0 atom stereocenters. The van der Waals surface area contributed by atoms with Crippen LogP contribution in [-0.2, 0) is 0 Å². The highest BCUT2D eigenvalue weighted by molar-refractivity contribution is 5.70. The molecule has 0 aliphatic heterocycles. The summed E-state index contributed by atoms with van der Waals surface area (Å²) in [6, 6.07) is 9.91. The van der Waals surface area contributed by atoms with Crippen LogP contribution in [0.3, 0.4) is 0 Å². The van der Waals surface area contributed by atoms with E-state index in [1.54, 1.807) is 0 Å². The molecule has 68 valence electrons. The summed E-state index contributed by atoms with van der Waals surface area (Å²) in [6.45, 7) is 7.91. The number of allylic oxidation sites excluding steroid dienone is 1. The van der Waals surface area contributed by atoms with Crippen LogP contribution in [0.1, 0.15) is 13.8 Å². The fraction of sp³-hybridized carbons (Fsp3) is 0.250. The number of hydrogen-bond acceptors (Lipinski definition) is 1. The van der Waals surface area contributed by atoms with Crippen molar-refractivity contribution in [3.05, 3.63) is 43.0 Å². The predicted molar refractivity (Wildman–Crippen MR) is 58.6 cm³/mol. The van der Waals surface area contributed by atoms with Crippen LogP contribution in [0.2, 0.25) is 0 Å². The fourth-order valence-corrected chi connectivity index (χ4v) is 0.808. The molecule has 0 radical (unpaired) electrons. The molecule has 1 rings (SSSR count). The first-order chi connectivity index (χ1) is 6.14. The molecule has 13 heavy (non-hydrogen) atoms. The normalized spacial score (nSPS) is 11.8. The Balaban J connectivity index is 2.75. The van der Waals surface area contributed by atoms with E-state index in [2.05, 4.69) is 25.4 Å². The Labute approximate surface area is 79.8 Å². The third-order valence-electron chi connectivity index (χ3n) is 1.83. The molecule has 0 unspecified atom stereocenters. The minimum Gasteiger partial charge on any atom is -0.260 e. The zero-order chi connectivity index (χ0) is 9.73. The molecule has 0 N–H and O–H groups in total. The molecule has 0 aliphatic carbocycles. The second kappa shape index (κ2) is 4.04. The van der Waals surface area contributed by atoms with Crippen LogP contribution >= 0.6 is 0 Å². The van der Waals surface area contributed by atoms with E-state index in [0.29, 0.717) is 0 Å². The van der Waals surface area contributed by atoms with Crippen LogP contribution in [0.4, 0.5) is 5.69 Å². The molecule has 1 aromatic rings. The highest BCUT2D eigenvalue weighted by Crippen LogP contribution is 2.16. The number of hydrogen-bond donors (Lipinski definition) is 0. The number of benzene rings is 1. The standard InChI is InChI=1S/C12H15N/c1-4-12(2,3)10-13-11-8-6-5-7-9-11/h4-10H,1H2,2-3H3. The van der Waals surface area contributed by atoms with Crippen molar-refractivity contribution in [2.45, 2.75) is 13.8 Å². The predicted octanol–water partition coefficient (Wildman–Crippen LogP) is 3.60. The Morgan fingerprint density at radius 3 is 2.38 bits per heavy atom. The van der Waals surface area contributed by atoms with Gasteiger partial charge in [-0.3, -0.25) is 4.99 Å². The van der Waals surface area contributed by atoms with E-state index in [1.807, 2.05) is 42.6 Å². The van der Waals surface area contributed by atoms with Crippen LogP contribution < -0.4 is 0 Å². The van der Waals surface area contributed by atoms with Crippen LogP contribution in [0.15, 0.2) is 48.0 Å². The van der Waals surface area contributed by atoms with Crippen LogP contribution in [0, 0.1) is 5.41 Å². The third kappa shape index (κ3) is 3.24. The van der Waals surface area contributed by atoms with Gasteiger partial charge in [-0.15, -0.1) is 6.58 Å². The minimum absolute atomic E-state index is 0.0319. The molecule has 0 saturated carbocycles. The molecular weight excluding hydrogens is 158 g/mol. The summed E-state index contributed by atoms with van der Waals surface area (Å²) in [7, 11) is 0. The number of aliphatic imine (C=N–C) groups is 1. The Morgan fingerprint density at radius 2 is 1.85 bits per heavy atom. The van der Waals surface area contributed by atoms with Gasteiger partial charge in [0, 0.05) is 11.6 Å². The van der Waals surface area contributed by atoms with E-state index in [0.717, 1.165) is 5.69 Å². The van der Waals surface area contributed by atoms with Crippen molar-refractivity contribution in [3.8, 4) is 0 Å². The first-order valence-electron chi connectivity index (χ1n) is 4.38. The molecule has 1 nitrogen and oxygen atoms in total. The van der Waals surface area contributed by atoms with Gasteiger partial charge in [0.1, 0.15) is 0 Å². The van der Waals surface area contributed by atoms with E-state index in [-0.39, 0.29) is 5.41 Å². The lowest BCUT2D eigenvalue weighted by molar-refractivity contribution is 0.696.